The van der Waals surface area contributed by atoms with E-state index < -0.39 is 177 Å². The van der Waals surface area contributed by atoms with Gasteiger partial charge in [0.2, 0.25) is 53.2 Å². The van der Waals surface area contributed by atoms with Gasteiger partial charge in [-0.1, -0.05) is 12.1 Å². The lowest BCUT2D eigenvalue weighted by Crippen LogP contribution is -2.61. The molecule has 0 saturated heterocycles. The number of rotatable bonds is 14. The molecule has 0 spiro atoms. The van der Waals surface area contributed by atoms with Gasteiger partial charge >= 0.3 is 23.9 Å². The highest BCUT2D eigenvalue weighted by Gasteiger charge is 2.35. The minimum Gasteiger partial charge on any atom is -0.481 e. The van der Waals surface area contributed by atoms with E-state index in [4.69, 9.17) is 15.7 Å². The number of hydrogen-bond donors (Lipinski definition) is 14. The van der Waals surface area contributed by atoms with E-state index in [-0.39, 0.29) is 23.0 Å². The van der Waals surface area contributed by atoms with Gasteiger partial charge in [0.05, 0.1) is 41.5 Å². The number of nitrogens with zero attached hydrogens (tertiary/aromatic N) is 2. The van der Waals surface area contributed by atoms with Gasteiger partial charge < -0.3 is 73.8 Å². The number of nitrogens with one attached hydrogen (secondary N) is 8. The van der Waals surface area contributed by atoms with Gasteiger partial charge in [0, 0.05) is 49.2 Å². The summed E-state index contributed by atoms with van der Waals surface area (Å²) in [6.07, 6.45) is -7.13. The maximum atomic E-state index is 13.8. The topological polar surface area (TPSA) is 471 Å². The second kappa shape index (κ2) is 29.7. The number of benzene rings is 1. The summed E-state index contributed by atoms with van der Waals surface area (Å²) < 4.78 is 0. The van der Waals surface area contributed by atoms with Crippen LogP contribution in [0.25, 0.3) is 11.0 Å². The van der Waals surface area contributed by atoms with Crippen molar-refractivity contribution in [1.29, 1.82) is 0 Å². The van der Waals surface area contributed by atoms with Gasteiger partial charge in [-0.25, -0.2) is 9.97 Å². The molecule has 0 bridgehead atoms. The number of hydrogen-bond acceptors (Lipinski definition) is 18. The van der Waals surface area contributed by atoms with Crippen LogP contribution in [0.2, 0.25) is 0 Å². The fourth-order valence-electron chi connectivity index (χ4n) is 6.74. The van der Waals surface area contributed by atoms with Crippen molar-refractivity contribution in [3.63, 3.8) is 0 Å². The molecule has 2 heterocycles. The maximum absolute atomic E-state index is 13.8. The third kappa shape index (κ3) is 20.8. The number of aromatic nitrogens is 2. The Morgan fingerprint density at radius 1 is 0.635 bits per heavy atom. The first-order chi connectivity index (χ1) is 34.8. The first kappa shape index (κ1) is 60.6. The minimum atomic E-state index is -1.99. The van der Waals surface area contributed by atoms with Gasteiger partial charge in [0.15, 0.2) is 0 Å². The number of aliphatic carboxylic acids is 4. The Morgan fingerprint density at radius 2 is 1.08 bits per heavy atom. The maximum Gasteiger partial charge on any atom is 0.305 e. The molecule has 74 heavy (non-hydrogen) atoms. The van der Waals surface area contributed by atoms with E-state index in [9.17, 15) is 87.9 Å². The second-order valence-electron chi connectivity index (χ2n) is 16.5. The number of carboxylic acid groups (broad SMARTS) is 4. The lowest BCUT2D eigenvalue weighted by atomic mass is 10.0. The van der Waals surface area contributed by atoms with Gasteiger partial charge in [-0.05, 0) is 38.3 Å². The van der Waals surface area contributed by atoms with Crippen molar-refractivity contribution in [2.75, 3.05) is 18.1 Å². The number of para-hydroxylation sites is 2. The standard InChI is InChI=1S/C43H57N11O18S2/c1-19(55)36-43(72)45-14-31(57)49-23(7-10-32(58)59)38(67)53-29(37(44)66)17-73-15-27-28(48-22-6-4-3-5-21(22)47-27)16-74-18-30(46-20(2)56)42(71)52-26(13-35(64)65)41(70)51-24(8-11-33(60)61)39(68)50-25(40(69)54-36)9-12-34(62)63/h3-6,19,23-26,29-30,36,55H,7-18H2,1-2H3,(H2,44,66)(H,45,72)(H,46,56)(H,49,57)(H,50,68)(H,51,70)(H,52,71)(H,53,67)(H,54,69)(H,58,59)(H,60,61)(H,62,63)(H,64,65)/t19-,23+,24+,25+,26+,29+,30+,36+/m1/s1. The molecule has 0 aliphatic carbocycles. The van der Waals surface area contributed by atoms with E-state index in [2.05, 4.69) is 42.5 Å². The molecule has 1 aliphatic heterocycles. The number of nitrogens with two attached hydrogens (primary N) is 1. The third-order valence-corrected chi connectivity index (χ3v) is 12.6. The van der Waals surface area contributed by atoms with Crippen LogP contribution in [0, 0.1) is 0 Å². The number of carbonyl (C=O) groups is 13. The van der Waals surface area contributed by atoms with Crippen LogP contribution in [0.4, 0.5) is 0 Å². The highest BCUT2D eigenvalue weighted by atomic mass is 32.2. The quantitative estimate of drug-likeness (QED) is 0.0849. The zero-order valence-corrected chi connectivity index (χ0v) is 41.4. The van der Waals surface area contributed by atoms with Gasteiger partial charge in [-0.2, -0.15) is 23.5 Å². The Bertz CT molecular complexity index is 2460. The van der Waals surface area contributed by atoms with Crippen molar-refractivity contribution in [1.82, 2.24) is 52.5 Å². The number of carbonyl (C=O) groups excluding carboxylic acids is 9. The van der Waals surface area contributed by atoms with E-state index in [1.165, 1.54) is 0 Å². The second-order valence-corrected chi connectivity index (χ2v) is 18.6. The van der Waals surface area contributed by atoms with Crippen molar-refractivity contribution < 1.29 is 87.9 Å². The molecule has 0 radical (unpaired) electrons. The summed E-state index contributed by atoms with van der Waals surface area (Å²) in [6, 6.07) is -5.49. The first-order valence-electron chi connectivity index (χ1n) is 22.5. The van der Waals surface area contributed by atoms with Crippen molar-refractivity contribution in [2.24, 2.45) is 5.73 Å². The number of aliphatic hydroxyl groups excluding tert-OH is 1. The number of fused-ring (bicyclic) bond motifs is 2. The molecular formula is C43H57N11O18S2. The fourth-order valence-corrected chi connectivity index (χ4v) is 8.78. The summed E-state index contributed by atoms with van der Waals surface area (Å²) in [5.41, 5.74) is 7.29. The van der Waals surface area contributed by atoms with E-state index in [1.807, 2.05) is 0 Å². The van der Waals surface area contributed by atoms with Crippen LogP contribution in [-0.2, 0) is 73.8 Å². The molecule has 15 N–H and O–H groups in total. The van der Waals surface area contributed by atoms with Crippen LogP contribution in [0.1, 0.15) is 70.2 Å². The number of thioether (sulfide) groups is 2. The van der Waals surface area contributed by atoms with Gasteiger partial charge in [0.25, 0.3) is 0 Å². The average Bonchev–Trinajstić information content (AvgIpc) is 3.31. The van der Waals surface area contributed by atoms with Crippen LogP contribution >= 0.6 is 23.5 Å². The zero-order valence-electron chi connectivity index (χ0n) is 39.7. The summed E-state index contributed by atoms with van der Waals surface area (Å²) in [6.45, 7) is 1.14. The van der Waals surface area contributed by atoms with Gasteiger partial charge in [-0.15, -0.1) is 0 Å². The molecule has 1 aliphatic rings. The summed E-state index contributed by atoms with van der Waals surface area (Å²) >= 11 is 2.11. The van der Waals surface area contributed by atoms with E-state index in [1.54, 1.807) is 24.3 Å². The van der Waals surface area contributed by atoms with Crippen LogP contribution in [0.3, 0.4) is 0 Å². The van der Waals surface area contributed by atoms with Gasteiger partial charge in [-0.3, -0.25) is 62.3 Å². The van der Waals surface area contributed by atoms with E-state index in [0.717, 1.165) is 37.4 Å². The molecule has 9 amide bonds. The summed E-state index contributed by atoms with van der Waals surface area (Å²) in [5.74, 6) is -16.5. The SMILES string of the molecule is CC(=O)N[C@H]1CSCc2nc3ccccc3nc2CSC[C@@H](C(N)=O)NC(=O)[C@H](CCC(=O)O)NC(=O)CNC(=O)[C@H]([C@@H](C)O)NC(=O)[C@H](CCC(=O)O)NC(=O)[C@H](CCC(=O)O)NC(=O)[C@H](CC(=O)O)NC1=O. The highest BCUT2D eigenvalue weighted by Crippen LogP contribution is 2.23. The molecule has 404 valence electrons. The molecule has 1 aromatic carbocycles. The van der Waals surface area contributed by atoms with E-state index in [0.29, 0.717) is 22.4 Å². The van der Waals surface area contributed by atoms with Crippen LogP contribution in [0.15, 0.2) is 24.3 Å². The minimum absolute atomic E-state index is 0.0169. The molecule has 29 nitrogen and oxygen atoms in total. The van der Waals surface area contributed by atoms with Crippen LogP contribution in [-0.4, -0.2) is 179 Å². The summed E-state index contributed by atoms with van der Waals surface area (Å²) in [7, 11) is 0. The molecule has 0 saturated carbocycles. The Balaban J connectivity index is 2.12. The molecule has 8 atom stereocenters. The molecule has 0 unspecified atom stereocenters. The third-order valence-electron chi connectivity index (χ3n) is 10.5. The molecule has 3 rings (SSSR count). The Kier molecular flexibility index (Phi) is 24.4. The Labute approximate surface area is 428 Å². The molecule has 2 aromatic rings. The van der Waals surface area contributed by atoms with Crippen LogP contribution in [0.5, 0.6) is 0 Å². The molecule has 1 aromatic heterocycles. The van der Waals surface area contributed by atoms with Crippen molar-refractivity contribution in [2.45, 2.75) is 119 Å². The Hall–Kier alpha value is -7.67. The molecule has 0 fully saturated rings. The number of amides is 9. The fraction of sp³-hybridized carbons (Fsp3) is 0.512. The smallest absolute Gasteiger partial charge is 0.305 e. The molecular weight excluding hydrogens is 1020 g/mol. The Morgan fingerprint density at radius 3 is 1.54 bits per heavy atom. The van der Waals surface area contributed by atoms with Gasteiger partial charge in [0.1, 0.15) is 42.3 Å². The van der Waals surface area contributed by atoms with Crippen molar-refractivity contribution in [3.05, 3.63) is 35.7 Å². The predicted octanol–water partition coefficient (Wildman–Crippen LogP) is -4.43. The number of primary amides is 1. The summed E-state index contributed by atoms with van der Waals surface area (Å²) in [5, 5.41) is 66.3. The largest absolute Gasteiger partial charge is 0.481 e. The monoisotopic (exact) mass is 1080 g/mol. The normalized spacial score (nSPS) is 23.1. The lowest BCUT2D eigenvalue weighted by molar-refractivity contribution is -0.142. The molecule has 31 heteroatoms. The number of carboxylic acids is 4. The van der Waals surface area contributed by atoms with Crippen molar-refractivity contribution in [3.8, 4) is 0 Å². The van der Waals surface area contributed by atoms with Crippen LogP contribution < -0.4 is 48.3 Å². The predicted molar refractivity (Wildman–Crippen MR) is 258 cm³/mol. The lowest BCUT2D eigenvalue weighted by Gasteiger charge is -2.27. The van der Waals surface area contributed by atoms with E-state index >= 15 is 0 Å². The summed E-state index contributed by atoms with van der Waals surface area (Å²) in [4.78, 5) is 176. The average molecular weight is 1080 g/mol. The number of aliphatic hydroxyl groups is 1. The van der Waals surface area contributed by atoms with Crippen molar-refractivity contribution >= 4 is 112 Å². The first-order valence-corrected chi connectivity index (χ1v) is 24.8. The highest BCUT2D eigenvalue weighted by molar-refractivity contribution is 7.98. The zero-order chi connectivity index (χ0) is 55.2.